The van der Waals surface area contributed by atoms with Gasteiger partial charge in [-0.2, -0.15) is 0 Å². The van der Waals surface area contributed by atoms with Crippen molar-refractivity contribution in [2.45, 2.75) is 25.2 Å². The average molecular weight is 251 g/mol. The van der Waals surface area contributed by atoms with Crippen LogP contribution >= 0.6 is 0 Å². The Morgan fingerprint density at radius 1 is 1.22 bits per heavy atom. The first-order valence-electron chi connectivity index (χ1n) is 5.72. The summed E-state index contributed by atoms with van der Waals surface area (Å²) in [6, 6.07) is 5.36. The minimum Gasteiger partial charge on any atom is -0.454 e. The fourth-order valence-corrected chi connectivity index (χ4v) is 2.16. The van der Waals surface area contributed by atoms with E-state index in [1.165, 1.54) is 0 Å². The van der Waals surface area contributed by atoms with E-state index in [1.807, 2.05) is 0 Å². The van der Waals surface area contributed by atoms with E-state index in [0.29, 0.717) is 30.1 Å². The third kappa shape index (κ3) is 1.89. The van der Waals surface area contributed by atoms with Crippen LogP contribution in [0.3, 0.4) is 0 Å². The summed E-state index contributed by atoms with van der Waals surface area (Å²) >= 11 is 0. The third-order valence-corrected chi connectivity index (χ3v) is 3.07. The summed E-state index contributed by atoms with van der Waals surface area (Å²) in [5, 5.41) is 21.7. The highest BCUT2D eigenvalue weighted by Gasteiger charge is 2.29. The summed E-state index contributed by atoms with van der Waals surface area (Å²) in [5.41, 5.74) is 1.27. The Balaban J connectivity index is 1.92. The number of oxime groups is 1. The standard InChI is InChI=1S/C12H13NO5/c14-11-4-2-8(13-15)12(18-11)7-1-3-9-10(5-7)17-6-16-9/h1,3,5,11-12,14-15H,2,4,6H2. The zero-order chi connectivity index (χ0) is 12.5. The monoisotopic (exact) mass is 251 g/mol. The van der Waals surface area contributed by atoms with Crippen LogP contribution in [0, 0.1) is 0 Å². The van der Waals surface area contributed by atoms with E-state index in [9.17, 15) is 5.11 Å². The molecule has 0 bridgehead atoms. The molecule has 2 aliphatic rings. The number of ether oxygens (including phenoxy) is 3. The number of aliphatic hydroxyl groups excluding tert-OH is 1. The summed E-state index contributed by atoms with van der Waals surface area (Å²) in [5.74, 6) is 1.31. The van der Waals surface area contributed by atoms with Crippen molar-refractivity contribution in [3.05, 3.63) is 23.8 Å². The number of fused-ring (bicyclic) bond motifs is 1. The first kappa shape index (κ1) is 11.3. The molecule has 1 fully saturated rings. The average Bonchev–Trinajstić information content (AvgIpc) is 2.85. The van der Waals surface area contributed by atoms with Crippen LogP contribution in [0.4, 0.5) is 0 Å². The van der Waals surface area contributed by atoms with Gasteiger partial charge >= 0.3 is 0 Å². The van der Waals surface area contributed by atoms with Crippen molar-refractivity contribution >= 4 is 5.71 Å². The molecule has 0 amide bonds. The summed E-state index contributed by atoms with van der Waals surface area (Å²) in [6.07, 6.45) is -0.462. The second-order valence-electron chi connectivity index (χ2n) is 4.21. The fraction of sp³-hybridized carbons (Fsp3) is 0.417. The summed E-state index contributed by atoms with van der Waals surface area (Å²) in [6.45, 7) is 0.202. The minimum absolute atomic E-state index is 0.202. The Kier molecular flexibility index (Phi) is 2.81. The van der Waals surface area contributed by atoms with Gasteiger partial charge in [-0.15, -0.1) is 0 Å². The van der Waals surface area contributed by atoms with Crippen LogP contribution in [-0.4, -0.2) is 29.1 Å². The maximum Gasteiger partial charge on any atom is 0.231 e. The molecule has 6 heteroatoms. The molecule has 96 valence electrons. The minimum atomic E-state index is -0.842. The highest BCUT2D eigenvalue weighted by atomic mass is 16.7. The van der Waals surface area contributed by atoms with Crippen molar-refractivity contribution in [2.75, 3.05) is 6.79 Å². The van der Waals surface area contributed by atoms with Crippen LogP contribution in [0.25, 0.3) is 0 Å². The topological polar surface area (TPSA) is 80.5 Å². The lowest BCUT2D eigenvalue weighted by Crippen LogP contribution is -2.29. The predicted octanol–water partition coefficient (Wildman–Crippen LogP) is 1.42. The summed E-state index contributed by atoms with van der Waals surface area (Å²) in [4.78, 5) is 0. The number of benzene rings is 1. The van der Waals surface area contributed by atoms with Crippen LogP contribution in [-0.2, 0) is 4.74 Å². The molecular formula is C12H13NO5. The first-order chi connectivity index (χ1) is 8.78. The fourth-order valence-electron chi connectivity index (χ4n) is 2.16. The molecule has 3 rings (SSSR count). The van der Waals surface area contributed by atoms with Crippen LogP contribution in [0.1, 0.15) is 24.5 Å². The van der Waals surface area contributed by atoms with Gasteiger partial charge < -0.3 is 24.5 Å². The Morgan fingerprint density at radius 3 is 2.89 bits per heavy atom. The van der Waals surface area contributed by atoms with E-state index in [1.54, 1.807) is 18.2 Å². The number of aliphatic hydroxyl groups is 1. The summed E-state index contributed by atoms with van der Waals surface area (Å²) < 4.78 is 15.9. The molecular weight excluding hydrogens is 238 g/mol. The van der Waals surface area contributed by atoms with E-state index >= 15 is 0 Å². The lowest BCUT2D eigenvalue weighted by molar-refractivity contribution is -0.131. The van der Waals surface area contributed by atoms with Crippen molar-refractivity contribution in [2.24, 2.45) is 5.16 Å². The predicted molar refractivity (Wildman–Crippen MR) is 60.9 cm³/mol. The van der Waals surface area contributed by atoms with E-state index in [0.717, 1.165) is 5.56 Å². The van der Waals surface area contributed by atoms with Gasteiger partial charge in [0.05, 0.1) is 5.71 Å². The quantitative estimate of drug-likeness (QED) is 0.582. The smallest absolute Gasteiger partial charge is 0.231 e. The van der Waals surface area contributed by atoms with Crippen LogP contribution < -0.4 is 9.47 Å². The lowest BCUT2D eigenvalue weighted by atomic mass is 9.98. The molecule has 2 heterocycles. The van der Waals surface area contributed by atoms with Crippen molar-refractivity contribution in [1.82, 2.24) is 0 Å². The van der Waals surface area contributed by atoms with Crippen LogP contribution in [0.2, 0.25) is 0 Å². The zero-order valence-corrected chi connectivity index (χ0v) is 9.57. The zero-order valence-electron chi connectivity index (χ0n) is 9.57. The largest absolute Gasteiger partial charge is 0.454 e. The molecule has 18 heavy (non-hydrogen) atoms. The Hall–Kier alpha value is -1.79. The maximum atomic E-state index is 9.53. The number of nitrogens with zero attached hydrogens (tertiary/aromatic N) is 1. The molecule has 2 atom stereocenters. The molecule has 6 nitrogen and oxygen atoms in total. The number of rotatable bonds is 1. The molecule has 1 saturated heterocycles. The van der Waals surface area contributed by atoms with Gasteiger partial charge in [0, 0.05) is 6.42 Å². The Bertz CT molecular complexity index is 487. The van der Waals surface area contributed by atoms with Crippen LogP contribution in [0.15, 0.2) is 23.4 Å². The first-order valence-corrected chi connectivity index (χ1v) is 5.72. The van der Waals surface area contributed by atoms with Gasteiger partial charge in [-0.05, 0) is 24.1 Å². The van der Waals surface area contributed by atoms with Gasteiger partial charge in [0.1, 0.15) is 6.10 Å². The van der Waals surface area contributed by atoms with Gasteiger partial charge in [-0.1, -0.05) is 11.2 Å². The highest BCUT2D eigenvalue weighted by molar-refractivity contribution is 5.90. The molecule has 1 aromatic carbocycles. The van der Waals surface area contributed by atoms with Crippen LogP contribution in [0.5, 0.6) is 11.5 Å². The third-order valence-electron chi connectivity index (χ3n) is 3.07. The van der Waals surface area contributed by atoms with Crippen molar-refractivity contribution in [1.29, 1.82) is 0 Å². The molecule has 0 aromatic heterocycles. The molecule has 0 spiro atoms. The van der Waals surface area contributed by atoms with E-state index < -0.39 is 12.4 Å². The van der Waals surface area contributed by atoms with Gasteiger partial charge in [0.25, 0.3) is 0 Å². The van der Waals surface area contributed by atoms with Gasteiger partial charge in [0.15, 0.2) is 17.8 Å². The van der Waals surface area contributed by atoms with E-state index in [2.05, 4.69) is 5.16 Å². The van der Waals surface area contributed by atoms with Gasteiger partial charge in [-0.3, -0.25) is 0 Å². The second-order valence-corrected chi connectivity index (χ2v) is 4.21. The van der Waals surface area contributed by atoms with Gasteiger partial charge in [0.2, 0.25) is 6.79 Å². The van der Waals surface area contributed by atoms with Crippen molar-refractivity contribution < 1.29 is 24.5 Å². The number of hydrogen-bond acceptors (Lipinski definition) is 6. The molecule has 0 radical (unpaired) electrons. The molecule has 2 unspecified atom stereocenters. The maximum absolute atomic E-state index is 9.53. The molecule has 0 saturated carbocycles. The Labute approximate surface area is 103 Å². The van der Waals surface area contributed by atoms with Gasteiger partial charge in [-0.25, -0.2) is 0 Å². The van der Waals surface area contributed by atoms with Crippen molar-refractivity contribution in [3.63, 3.8) is 0 Å². The lowest BCUT2D eigenvalue weighted by Gasteiger charge is -2.27. The molecule has 2 N–H and O–H groups in total. The number of hydrogen-bond donors (Lipinski definition) is 2. The molecule has 0 aliphatic carbocycles. The molecule has 2 aliphatic heterocycles. The Morgan fingerprint density at radius 2 is 2.06 bits per heavy atom. The van der Waals surface area contributed by atoms with E-state index in [-0.39, 0.29) is 6.79 Å². The second kappa shape index (κ2) is 4.47. The van der Waals surface area contributed by atoms with Crippen molar-refractivity contribution in [3.8, 4) is 11.5 Å². The normalized spacial score (nSPS) is 28.6. The molecule has 1 aromatic rings. The summed E-state index contributed by atoms with van der Waals surface area (Å²) in [7, 11) is 0. The van der Waals surface area contributed by atoms with E-state index in [4.69, 9.17) is 19.4 Å². The highest BCUT2D eigenvalue weighted by Crippen LogP contribution is 2.37. The SMILES string of the molecule is ON=C1CCC(O)OC1c1ccc2c(c1)OCO2.